The third-order valence-electron chi connectivity index (χ3n) is 4.81. The van der Waals surface area contributed by atoms with Crippen molar-refractivity contribution in [3.05, 3.63) is 51.9 Å². The molecule has 0 saturated carbocycles. The summed E-state index contributed by atoms with van der Waals surface area (Å²) in [7, 11) is 0. The number of fused-ring (bicyclic) bond motifs is 2. The number of halogens is 1. The van der Waals surface area contributed by atoms with Crippen LogP contribution in [0.1, 0.15) is 48.9 Å². The minimum atomic E-state index is -0.0409. The highest BCUT2D eigenvalue weighted by Gasteiger charge is 2.33. The molecule has 5 heteroatoms. The van der Waals surface area contributed by atoms with Crippen LogP contribution in [-0.4, -0.2) is 20.4 Å². The third kappa shape index (κ3) is 2.80. The Kier molecular flexibility index (Phi) is 3.80. The van der Waals surface area contributed by atoms with Gasteiger partial charge in [0.05, 0.1) is 17.0 Å². The van der Waals surface area contributed by atoms with Gasteiger partial charge in [0.2, 0.25) is 0 Å². The van der Waals surface area contributed by atoms with Gasteiger partial charge in [0.25, 0.3) is 0 Å². The van der Waals surface area contributed by atoms with Gasteiger partial charge < -0.3 is 0 Å². The zero-order chi connectivity index (χ0) is 17.8. The van der Waals surface area contributed by atoms with Crippen molar-refractivity contribution in [2.75, 3.05) is 0 Å². The van der Waals surface area contributed by atoms with Crippen molar-refractivity contribution in [3.63, 3.8) is 0 Å². The number of hydrogen-bond acceptors (Lipinski definition) is 3. The quantitative estimate of drug-likeness (QED) is 0.619. The Morgan fingerprint density at radius 2 is 1.92 bits per heavy atom. The van der Waals surface area contributed by atoms with Gasteiger partial charge in [-0.1, -0.05) is 48.8 Å². The Morgan fingerprint density at radius 1 is 1.20 bits per heavy atom. The number of nitrogens with zero attached hydrogens (tertiary/aromatic N) is 3. The Balaban J connectivity index is 1.97. The molecule has 25 heavy (non-hydrogen) atoms. The molecule has 0 radical (unpaired) electrons. The van der Waals surface area contributed by atoms with E-state index in [9.17, 15) is 4.79 Å². The van der Waals surface area contributed by atoms with E-state index in [1.165, 1.54) is 0 Å². The van der Waals surface area contributed by atoms with Crippen molar-refractivity contribution in [1.29, 1.82) is 0 Å². The molecule has 0 N–H and O–H groups in total. The molecule has 1 aromatic carbocycles. The molecule has 1 aliphatic carbocycles. The van der Waals surface area contributed by atoms with E-state index in [1.54, 1.807) is 4.52 Å². The first-order chi connectivity index (χ1) is 11.9. The van der Waals surface area contributed by atoms with Gasteiger partial charge in [-0.3, -0.25) is 4.79 Å². The van der Waals surface area contributed by atoms with Crippen molar-refractivity contribution in [1.82, 2.24) is 14.6 Å². The van der Waals surface area contributed by atoms with Crippen molar-refractivity contribution >= 4 is 27.4 Å². The second-order valence-electron chi connectivity index (χ2n) is 7.49. The number of Topliss-reactive ketones (excluding diaryl/α,β-unsaturated/α-hetero) is 1. The Labute approximate surface area is 155 Å². The second-order valence-corrected chi connectivity index (χ2v) is 8.41. The SMILES string of the molecule is CCc1nn2cc3c(nc2c1-c1ccc(Br)cc1)CC(C)(C)CC3=O. The molecule has 0 atom stereocenters. The van der Waals surface area contributed by atoms with Crippen LogP contribution in [0, 0.1) is 5.41 Å². The fourth-order valence-electron chi connectivity index (χ4n) is 3.63. The number of hydrogen-bond donors (Lipinski definition) is 0. The number of aromatic nitrogens is 3. The molecule has 128 valence electrons. The van der Waals surface area contributed by atoms with Gasteiger partial charge in [0.15, 0.2) is 11.4 Å². The summed E-state index contributed by atoms with van der Waals surface area (Å²) in [6.45, 7) is 6.35. The van der Waals surface area contributed by atoms with Gasteiger partial charge in [0.1, 0.15) is 0 Å². The molecule has 0 aliphatic heterocycles. The van der Waals surface area contributed by atoms with Crippen LogP contribution < -0.4 is 0 Å². The standard InChI is InChI=1S/C20H20BrN3O/c1-4-15-18(12-5-7-13(21)8-6-12)19-22-16-9-20(2,3)10-17(25)14(16)11-24(19)23-15/h5-8,11H,4,9-10H2,1-3H3. The molecular formula is C20H20BrN3O. The molecule has 4 rings (SSSR count). The first-order valence-corrected chi connectivity index (χ1v) is 9.37. The topological polar surface area (TPSA) is 47.3 Å². The van der Waals surface area contributed by atoms with E-state index >= 15 is 0 Å². The summed E-state index contributed by atoms with van der Waals surface area (Å²) in [5.74, 6) is 0.166. The van der Waals surface area contributed by atoms with Crippen molar-refractivity contribution in [2.45, 2.75) is 40.0 Å². The number of benzene rings is 1. The molecule has 0 unspecified atom stereocenters. The van der Waals surface area contributed by atoms with Crippen LogP contribution in [0.3, 0.4) is 0 Å². The number of carbonyl (C=O) groups excluding carboxylic acids is 1. The number of ketones is 1. The summed E-state index contributed by atoms with van der Waals surface area (Å²) in [6.07, 6.45) is 4.07. The van der Waals surface area contributed by atoms with Crippen LogP contribution in [-0.2, 0) is 12.8 Å². The second kappa shape index (κ2) is 5.77. The first-order valence-electron chi connectivity index (χ1n) is 8.58. The van der Waals surface area contributed by atoms with Gasteiger partial charge >= 0.3 is 0 Å². The summed E-state index contributed by atoms with van der Waals surface area (Å²) in [5, 5.41) is 4.70. The lowest BCUT2D eigenvalue weighted by Crippen LogP contribution is -2.28. The molecule has 0 bridgehead atoms. The molecule has 4 nitrogen and oxygen atoms in total. The summed E-state index contributed by atoms with van der Waals surface area (Å²) in [4.78, 5) is 17.4. The van der Waals surface area contributed by atoms with Crippen LogP contribution in [0.4, 0.5) is 0 Å². The minimum absolute atomic E-state index is 0.0409. The zero-order valence-corrected chi connectivity index (χ0v) is 16.2. The van der Waals surface area contributed by atoms with Crippen molar-refractivity contribution in [2.24, 2.45) is 5.41 Å². The predicted molar refractivity (Wildman–Crippen MR) is 102 cm³/mol. The minimum Gasteiger partial charge on any atom is -0.294 e. The van der Waals surface area contributed by atoms with E-state index in [4.69, 9.17) is 10.1 Å². The summed E-state index contributed by atoms with van der Waals surface area (Å²) in [5.41, 5.74) is 5.58. The van der Waals surface area contributed by atoms with Gasteiger partial charge in [-0.05, 0) is 36.0 Å². The molecule has 0 spiro atoms. The Morgan fingerprint density at radius 3 is 2.60 bits per heavy atom. The van der Waals surface area contributed by atoms with E-state index in [0.29, 0.717) is 6.42 Å². The molecular weight excluding hydrogens is 378 g/mol. The zero-order valence-electron chi connectivity index (χ0n) is 14.6. The van der Waals surface area contributed by atoms with Gasteiger partial charge in [-0.2, -0.15) is 5.10 Å². The number of carbonyl (C=O) groups is 1. The predicted octanol–water partition coefficient (Wildman–Crippen LogP) is 4.88. The van der Waals surface area contributed by atoms with Crippen LogP contribution >= 0.6 is 15.9 Å². The number of aryl methyl sites for hydroxylation is 1. The monoisotopic (exact) mass is 397 g/mol. The van der Waals surface area contributed by atoms with Crippen molar-refractivity contribution < 1.29 is 4.79 Å². The average molecular weight is 398 g/mol. The van der Waals surface area contributed by atoms with Crippen LogP contribution in [0.15, 0.2) is 34.9 Å². The van der Waals surface area contributed by atoms with Crippen LogP contribution in [0.5, 0.6) is 0 Å². The lowest BCUT2D eigenvalue weighted by Gasteiger charge is -2.29. The average Bonchev–Trinajstić information content (AvgIpc) is 2.90. The highest BCUT2D eigenvalue weighted by molar-refractivity contribution is 9.10. The van der Waals surface area contributed by atoms with Gasteiger partial charge in [0, 0.05) is 22.7 Å². The first kappa shape index (κ1) is 16.5. The van der Waals surface area contributed by atoms with E-state index in [0.717, 1.165) is 51.0 Å². The van der Waals surface area contributed by atoms with Crippen LogP contribution in [0.2, 0.25) is 0 Å². The van der Waals surface area contributed by atoms with E-state index < -0.39 is 0 Å². The molecule has 0 saturated heterocycles. The van der Waals surface area contributed by atoms with E-state index in [2.05, 4.69) is 48.8 Å². The smallest absolute Gasteiger partial charge is 0.166 e. The molecule has 0 fully saturated rings. The fraction of sp³-hybridized carbons (Fsp3) is 0.350. The van der Waals surface area contributed by atoms with E-state index in [-0.39, 0.29) is 11.2 Å². The van der Waals surface area contributed by atoms with Gasteiger partial charge in [-0.15, -0.1) is 0 Å². The maximum atomic E-state index is 12.5. The number of rotatable bonds is 2. The summed E-state index contributed by atoms with van der Waals surface area (Å²) < 4.78 is 2.83. The third-order valence-corrected chi connectivity index (χ3v) is 5.34. The highest BCUT2D eigenvalue weighted by Crippen LogP contribution is 2.36. The van der Waals surface area contributed by atoms with Crippen molar-refractivity contribution in [3.8, 4) is 11.1 Å². The molecule has 2 heterocycles. The highest BCUT2D eigenvalue weighted by atomic mass is 79.9. The molecule has 0 amide bonds. The Bertz CT molecular complexity index is 986. The lowest BCUT2D eigenvalue weighted by molar-refractivity contribution is 0.0909. The Hall–Kier alpha value is -2.01. The largest absolute Gasteiger partial charge is 0.294 e. The maximum absolute atomic E-state index is 12.5. The fourth-order valence-corrected chi connectivity index (χ4v) is 3.89. The molecule has 1 aliphatic rings. The maximum Gasteiger partial charge on any atom is 0.166 e. The summed E-state index contributed by atoms with van der Waals surface area (Å²) >= 11 is 3.49. The van der Waals surface area contributed by atoms with Crippen LogP contribution in [0.25, 0.3) is 16.8 Å². The lowest BCUT2D eigenvalue weighted by atomic mass is 9.76. The molecule has 2 aromatic heterocycles. The summed E-state index contributed by atoms with van der Waals surface area (Å²) in [6, 6.07) is 8.22. The van der Waals surface area contributed by atoms with E-state index in [1.807, 2.05) is 18.3 Å². The molecule has 3 aromatic rings. The van der Waals surface area contributed by atoms with Gasteiger partial charge in [-0.25, -0.2) is 9.50 Å². The normalized spacial score (nSPS) is 16.2.